The molecule has 0 radical (unpaired) electrons. The van der Waals surface area contributed by atoms with Crippen LogP contribution in [0.1, 0.15) is 23.1 Å². The molecule has 0 atom stereocenters. The third kappa shape index (κ3) is 3.84. The van der Waals surface area contributed by atoms with Crippen molar-refractivity contribution in [2.24, 2.45) is 0 Å². The summed E-state index contributed by atoms with van der Waals surface area (Å²) in [6.45, 7) is 4.00. The first kappa shape index (κ1) is 14.6. The zero-order chi connectivity index (χ0) is 14.5. The van der Waals surface area contributed by atoms with Gasteiger partial charge in [0.2, 0.25) is 5.91 Å². The summed E-state index contributed by atoms with van der Waals surface area (Å²) in [5.41, 5.74) is 4.10. The number of benzene rings is 2. The van der Waals surface area contributed by atoms with E-state index >= 15 is 0 Å². The topological polar surface area (TPSA) is 29.1 Å². The van der Waals surface area contributed by atoms with E-state index in [9.17, 15) is 4.79 Å². The molecule has 2 aromatic carbocycles. The summed E-state index contributed by atoms with van der Waals surface area (Å²) in [5.74, 6) is 0.0126. The minimum absolute atomic E-state index is 0.0126. The van der Waals surface area contributed by atoms with E-state index in [0.717, 1.165) is 22.4 Å². The van der Waals surface area contributed by atoms with Gasteiger partial charge in [0.05, 0.1) is 0 Å². The fourth-order valence-corrected chi connectivity index (χ4v) is 2.26. The van der Waals surface area contributed by atoms with Gasteiger partial charge in [0.25, 0.3) is 0 Å². The summed E-state index contributed by atoms with van der Waals surface area (Å²) in [5, 5.41) is 3.67. The second-order valence-corrected chi connectivity index (χ2v) is 5.37. The van der Waals surface area contributed by atoms with Crippen molar-refractivity contribution >= 4 is 23.2 Å². The Hall–Kier alpha value is -1.80. The molecule has 0 heterocycles. The van der Waals surface area contributed by atoms with Gasteiger partial charge in [-0.3, -0.25) is 4.79 Å². The van der Waals surface area contributed by atoms with E-state index in [-0.39, 0.29) is 5.91 Å². The van der Waals surface area contributed by atoms with Gasteiger partial charge < -0.3 is 5.32 Å². The van der Waals surface area contributed by atoms with Gasteiger partial charge in [-0.2, -0.15) is 0 Å². The predicted molar refractivity (Wildman–Crippen MR) is 84.3 cm³/mol. The van der Waals surface area contributed by atoms with Crippen molar-refractivity contribution in [3.8, 4) is 0 Å². The Morgan fingerprint density at radius 3 is 2.65 bits per heavy atom. The highest BCUT2D eigenvalue weighted by Crippen LogP contribution is 2.19. The summed E-state index contributed by atoms with van der Waals surface area (Å²) >= 11 is 6.08. The van der Waals surface area contributed by atoms with E-state index in [1.165, 1.54) is 0 Å². The number of anilines is 1. The van der Waals surface area contributed by atoms with Gasteiger partial charge >= 0.3 is 0 Å². The van der Waals surface area contributed by atoms with Crippen molar-refractivity contribution in [3.63, 3.8) is 0 Å². The third-order valence-corrected chi connectivity index (χ3v) is 3.62. The summed E-state index contributed by atoms with van der Waals surface area (Å²) in [6, 6.07) is 13.7. The molecule has 0 unspecified atom stereocenters. The number of hydrogen-bond acceptors (Lipinski definition) is 1. The van der Waals surface area contributed by atoms with Gasteiger partial charge in [-0.1, -0.05) is 41.9 Å². The first-order valence-corrected chi connectivity index (χ1v) is 7.04. The molecule has 0 saturated carbocycles. The molecule has 0 aliphatic carbocycles. The van der Waals surface area contributed by atoms with Crippen LogP contribution < -0.4 is 5.32 Å². The highest BCUT2D eigenvalue weighted by Gasteiger charge is 2.07. The van der Waals surface area contributed by atoms with Crippen LogP contribution in [0.4, 0.5) is 5.69 Å². The van der Waals surface area contributed by atoms with Crippen LogP contribution in [0.2, 0.25) is 5.02 Å². The van der Waals surface area contributed by atoms with Crippen LogP contribution in [0, 0.1) is 13.8 Å². The van der Waals surface area contributed by atoms with E-state index in [1.54, 1.807) is 0 Å². The van der Waals surface area contributed by atoms with Crippen LogP contribution in [0.5, 0.6) is 0 Å². The molecule has 0 aliphatic rings. The molecule has 2 rings (SSSR count). The van der Waals surface area contributed by atoms with E-state index in [4.69, 9.17) is 11.6 Å². The molecule has 3 heteroatoms. The smallest absolute Gasteiger partial charge is 0.224 e. The van der Waals surface area contributed by atoms with Crippen LogP contribution in [0.25, 0.3) is 0 Å². The monoisotopic (exact) mass is 287 g/mol. The Kier molecular flexibility index (Phi) is 4.80. The van der Waals surface area contributed by atoms with Crippen LogP contribution in [-0.4, -0.2) is 5.91 Å². The largest absolute Gasteiger partial charge is 0.326 e. The summed E-state index contributed by atoms with van der Waals surface area (Å²) in [4.78, 5) is 12.0. The highest BCUT2D eigenvalue weighted by atomic mass is 35.5. The molecule has 0 aromatic heterocycles. The normalized spacial score (nSPS) is 10.3. The molecule has 20 heavy (non-hydrogen) atoms. The number of halogens is 1. The lowest BCUT2D eigenvalue weighted by molar-refractivity contribution is -0.116. The van der Waals surface area contributed by atoms with Crippen LogP contribution in [0.15, 0.2) is 42.5 Å². The molecule has 2 nitrogen and oxygen atoms in total. The Balaban J connectivity index is 1.96. The summed E-state index contributed by atoms with van der Waals surface area (Å²) in [6.07, 6.45) is 1.08. The number of hydrogen-bond donors (Lipinski definition) is 1. The molecule has 0 fully saturated rings. The van der Waals surface area contributed by atoms with Crippen molar-refractivity contribution in [1.29, 1.82) is 0 Å². The lowest BCUT2D eigenvalue weighted by Crippen LogP contribution is -2.13. The van der Waals surface area contributed by atoms with Gasteiger partial charge in [0.1, 0.15) is 0 Å². The number of aryl methyl sites for hydroxylation is 3. The van der Waals surface area contributed by atoms with Gasteiger partial charge in [-0.15, -0.1) is 0 Å². The number of carbonyl (C=O) groups is 1. The zero-order valence-electron chi connectivity index (χ0n) is 11.7. The van der Waals surface area contributed by atoms with Gasteiger partial charge in [0.15, 0.2) is 0 Å². The number of rotatable bonds is 4. The van der Waals surface area contributed by atoms with E-state index in [1.807, 2.05) is 56.3 Å². The lowest BCUT2D eigenvalue weighted by atomic mass is 10.1. The second-order valence-electron chi connectivity index (χ2n) is 4.96. The van der Waals surface area contributed by atoms with Crippen LogP contribution in [0.3, 0.4) is 0 Å². The maximum Gasteiger partial charge on any atom is 0.224 e. The van der Waals surface area contributed by atoms with Gasteiger partial charge in [-0.25, -0.2) is 0 Å². The van der Waals surface area contributed by atoms with E-state index in [2.05, 4.69) is 5.32 Å². The number of carbonyl (C=O) groups excluding carboxylic acids is 1. The lowest BCUT2D eigenvalue weighted by Gasteiger charge is -2.09. The summed E-state index contributed by atoms with van der Waals surface area (Å²) in [7, 11) is 0. The fraction of sp³-hybridized carbons (Fsp3) is 0.235. The van der Waals surface area contributed by atoms with Crippen molar-refractivity contribution in [2.45, 2.75) is 26.7 Å². The molecule has 1 amide bonds. The molecule has 0 saturated heterocycles. The van der Waals surface area contributed by atoms with Crippen molar-refractivity contribution in [2.75, 3.05) is 5.32 Å². The molecular weight excluding hydrogens is 270 g/mol. The maximum atomic E-state index is 12.0. The molecule has 2 aromatic rings. The van der Waals surface area contributed by atoms with Gasteiger partial charge in [-0.05, 0) is 49.1 Å². The minimum atomic E-state index is 0.0126. The zero-order valence-corrected chi connectivity index (χ0v) is 12.5. The first-order valence-electron chi connectivity index (χ1n) is 6.67. The van der Waals surface area contributed by atoms with Gasteiger partial charge in [0, 0.05) is 17.1 Å². The molecule has 0 spiro atoms. The SMILES string of the molecule is Cc1ccc(C)c(NC(=O)CCc2ccccc2Cl)c1. The van der Waals surface area contributed by atoms with Crippen molar-refractivity contribution in [3.05, 3.63) is 64.2 Å². The molecule has 1 N–H and O–H groups in total. The molecule has 104 valence electrons. The average Bonchev–Trinajstić information content (AvgIpc) is 2.42. The van der Waals surface area contributed by atoms with Crippen molar-refractivity contribution in [1.82, 2.24) is 0 Å². The number of nitrogens with one attached hydrogen (secondary N) is 1. The van der Waals surface area contributed by atoms with Crippen LogP contribution in [-0.2, 0) is 11.2 Å². The highest BCUT2D eigenvalue weighted by molar-refractivity contribution is 6.31. The first-order chi connectivity index (χ1) is 9.56. The van der Waals surface area contributed by atoms with Crippen molar-refractivity contribution < 1.29 is 4.79 Å². The maximum absolute atomic E-state index is 12.0. The second kappa shape index (κ2) is 6.58. The Bertz CT molecular complexity index is 622. The predicted octanol–water partition coefficient (Wildman–Crippen LogP) is 4.53. The Morgan fingerprint density at radius 2 is 1.90 bits per heavy atom. The number of amides is 1. The Morgan fingerprint density at radius 1 is 1.15 bits per heavy atom. The Labute approximate surface area is 124 Å². The average molecular weight is 288 g/mol. The van der Waals surface area contributed by atoms with Crippen LogP contribution >= 0.6 is 11.6 Å². The summed E-state index contributed by atoms with van der Waals surface area (Å²) < 4.78 is 0. The molecule has 0 aliphatic heterocycles. The quantitative estimate of drug-likeness (QED) is 0.879. The fourth-order valence-electron chi connectivity index (χ4n) is 2.03. The third-order valence-electron chi connectivity index (χ3n) is 3.25. The van der Waals surface area contributed by atoms with E-state index < -0.39 is 0 Å². The van der Waals surface area contributed by atoms with E-state index in [0.29, 0.717) is 17.9 Å². The molecule has 0 bridgehead atoms. The molecular formula is C17H18ClNO. The standard InChI is InChI=1S/C17H18ClNO/c1-12-7-8-13(2)16(11-12)19-17(20)10-9-14-5-3-4-6-15(14)18/h3-8,11H,9-10H2,1-2H3,(H,19,20). The minimum Gasteiger partial charge on any atom is -0.326 e.